The van der Waals surface area contributed by atoms with E-state index in [9.17, 15) is 0 Å². The molecule has 2 aromatic rings. The fourth-order valence-electron chi connectivity index (χ4n) is 2.92. The molecule has 0 heterocycles. The largest absolute Gasteiger partial charge is 0.299 e. The average molecular weight is 295 g/mol. The summed E-state index contributed by atoms with van der Waals surface area (Å²) in [5.41, 5.74) is 5.51. The first-order valence-electron chi connectivity index (χ1n) is 8.26. The standard InChI is InChI=1S/C21H29N/c1-15(2)17-7-11-19(12-8-17)21(22(5)6)20-13-9-18(10-14-20)16(3)4/h7-16,21H,1-6H3. The van der Waals surface area contributed by atoms with Crippen molar-refractivity contribution < 1.29 is 0 Å². The van der Waals surface area contributed by atoms with Crippen LogP contribution in [0.2, 0.25) is 0 Å². The zero-order valence-corrected chi connectivity index (χ0v) is 14.8. The molecule has 2 rings (SSSR count). The Morgan fingerprint density at radius 3 is 1.05 bits per heavy atom. The summed E-state index contributed by atoms with van der Waals surface area (Å²) in [6.07, 6.45) is 0. The van der Waals surface area contributed by atoms with E-state index in [2.05, 4.69) is 95.2 Å². The molecule has 0 amide bonds. The molecule has 2 aromatic carbocycles. The van der Waals surface area contributed by atoms with Gasteiger partial charge in [-0.2, -0.15) is 0 Å². The van der Waals surface area contributed by atoms with Crippen LogP contribution in [0.3, 0.4) is 0 Å². The molecule has 0 saturated carbocycles. The van der Waals surface area contributed by atoms with Crippen LogP contribution in [0.25, 0.3) is 0 Å². The Bertz CT molecular complexity index is 525. The van der Waals surface area contributed by atoms with Crippen molar-refractivity contribution in [3.63, 3.8) is 0 Å². The molecule has 0 radical (unpaired) electrons. The smallest absolute Gasteiger partial charge is 0.0596 e. The van der Waals surface area contributed by atoms with Crippen LogP contribution in [-0.2, 0) is 0 Å². The Kier molecular flexibility index (Phi) is 5.42. The van der Waals surface area contributed by atoms with E-state index in [4.69, 9.17) is 0 Å². The van der Waals surface area contributed by atoms with Crippen LogP contribution >= 0.6 is 0 Å². The van der Waals surface area contributed by atoms with E-state index in [-0.39, 0.29) is 0 Å². The third kappa shape index (κ3) is 3.78. The van der Waals surface area contributed by atoms with Gasteiger partial charge >= 0.3 is 0 Å². The van der Waals surface area contributed by atoms with Crippen LogP contribution in [0.4, 0.5) is 0 Å². The minimum atomic E-state index is 0.308. The van der Waals surface area contributed by atoms with Crippen molar-refractivity contribution in [2.24, 2.45) is 0 Å². The van der Waals surface area contributed by atoms with Gasteiger partial charge in [0.25, 0.3) is 0 Å². The van der Waals surface area contributed by atoms with E-state index < -0.39 is 0 Å². The maximum absolute atomic E-state index is 2.29. The van der Waals surface area contributed by atoms with Crippen LogP contribution in [-0.4, -0.2) is 19.0 Å². The van der Waals surface area contributed by atoms with Crippen LogP contribution in [0.5, 0.6) is 0 Å². The van der Waals surface area contributed by atoms with Gasteiger partial charge in [0.05, 0.1) is 6.04 Å². The number of rotatable bonds is 5. The minimum absolute atomic E-state index is 0.308. The Balaban J connectivity index is 2.33. The molecule has 0 aliphatic carbocycles. The van der Waals surface area contributed by atoms with Gasteiger partial charge in [0.1, 0.15) is 0 Å². The second-order valence-electron chi connectivity index (χ2n) is 7.01. The highest BCUT2D eigenvalue weighted by molar-refractivity contribution is 5.36. The predicted octanol–water partition coefficient (Wildman–Crippen LogP) is 5.58. The third-order valence-corrected chi connectivity index (χ3v) is 4.35. The quantitative estimate of drug-likeness (QED) is 0.695. The lowest BCUT2D eigenvalue weighted by Gasteiger charge is -2.26. The molecule has 0 unspecified atom stereocenters. The lowest BCUT2D eigenvalue weighted by atomic mass is 9.93. The Hall–Kier alpha value is -1.60. The minimum Gasteiger partial charge on any atom is -0.299 e. The highest BCUT2D eigenvalue weighted by Crippen LogP contribution is 2.29. The van der Waals surface area contributed by atoms with E-state index in [1.807, 2.05) is 0 Å². The first-order chi connectivity index (χ1) is 10.4. The molecule has 0 fully saturated rings. The zero-order valence-electron chi connectivity index (χ0n) is 14.8. The van der Waals surface area contributed by atoms with Gasteiger partial charge in [-0.15, -0.1) is 0 Å². The fraction of sp³-hybridized carbons (Fsp3) is 0.429. The van der Waals surface area contributed by atoms with E-state index >= 15 is 0 Å². The number of hydrogen-bond acceptors (Lipinski definition) is 1. The van der Waals surface area contributed by atoms with Crippen molar-refractivity contribution in [1.82, 2.24) is 4.90 Å². The third-order valence-electron chi connectivity index (χ3n) is 4.35. The summed E-state index contributed by atoms with van der Waals surface area (Å²) < 4.78 is 0. The van der Waals surface area contributed by atoms with Gasteiger partial charge in [-0.1, -0.05) is 76.2 Å². The van der Waals surface area contributed by atoms with E-state index in [1.54, 1.807) is 0 Å². The van der Waals surface area contributed by atoms with Gasteiger partial charge in [0.2, 0.25) is 0 Å². The van der Waals surface area contributed by atoms with Crippen molar-refractivity contribution in [3.8, 4) is 0 Å². The fourth-order valence-corrected chi connectivity index (χ4v) is 2.92. The molecular formula is C21H29N. The van der Waals surface area contributed by atoms with Crippen molar-refractivity contribution in [2.45, 2.75) is 45.6 Å². The first kappa shape index (κ1) is 16.8. The first-order valence-corrected chi connectivity index (χ1v) is 8.26. The molecule has 0 N–H and O–H groups in total. The molecule has 0 saturated heterocycles. The molecule has 0 aliphatic rings. The van der Waals surface area contributed by atoms with E-state index in [0.717, 1.165) is 0 Å². The second kappa shape index (κ2) is 7.11. The molecule has 118 valence electrons. The summed E-state index contributed by atoms with van der Waals surface area (Å²) >= 11 is 0. The van der Waals surface area contributed by atoms with Crippen molar-refractivity contribution >= 4 is 0 Å². The van der Waals surface area contributed by atoms with Crippen LogP contribution in [0.15, 0.2) is 48.5 Å². The summed E-state index contributed by atoms with van der Waals surface area (Å²) in [7, 11) is 4.30. The summed E-state index contributed by atoms with van der Waals surface area (Å²) in [5, 5.41) is 0. The Labute approximate surface area is 136 Å². The van der Waals surface area contributed by atoms with Gasteiger partial charge in [0, 0.05) is 0 Å². The van der Waals surface area contributed by atoms with Crippen LogP contribution in [0.1, 0.15) is 67.8 Å². The molecule has 0 bridgehead atoms. The molecule has 0 aliphatic heterocycles. The van der Waals surface area contributed by atoms with E-state index in [1.165, 1.54) is 22.3 Å². The maximum Gasteiger partial charge on any atom is 0.0596 e. The van der Waals surface area contributed by atoms with Crippen molar-refractivity contribution in [2.75, 3.05) is 14.1 Å². The summed E-state index contributed by atoms with van der Waals surface area (Å²) in [6.45, 7) is 8.96. The monoisotopic (exact) mass is 295 g/mol. The van der Waals surface area contributed by atoms with E-state index in [0.29, 0.717) is 17.9 Å². The zero-order chi connectivity index (χ0) is 16.3. The van der Waals surface area contributed by atoms with Gasteiger partial charge in [-0.25, -0.2) is 0 Å². The lowest BCUT2D eigenvalue weighted by molar-refractivity contribution is 0.342. The number of benzene rings is 2. The van der Waals surface area contributed by atoms with Crippen LogP contribution < -0.4 is 0 Å². The van der Waals surface area contributed by atoms with Gasteiger partial charge in [0.15, 0.2) is 0 Å². The van der Waals surface area contributed by atoms with Crippen molar-refractivity contribution in [1.29, 1.82) is 0 Å². The maximum atomic E-state index is 2.29. The van der Waals surface area contributed by atoms with Gasteiger partial charge < -0.3 is 0 Å². The summed E-state index contributed by atoms with van der Waals surface area (Å²) in [5.74, 6) is 1.16. The summed E-state index contributed by atoms with van der Waals surface area (Å²) in [6, 6.07) is 18.5. The molecule has 0 aromatic heterocycles. The van der Waals surface area contributed by atoms with Gasteiger partial charge in [-0.3, -0.25) is 4.90 Å². The molecule has 1 nitrogen and oxygen atoms in total. The summed E-state index contributed by atoms with van der Waals surface area (Å²) in [4.78, 5) is 2.29. The van der Waals surface area contributed by atoms with Crippen molar-refractivity contribution in [3.05, 3.63) is 70.8 Å². The lowest BCUT2D eigenvalue weighted by Crippen LogP contribution is -2.21. The normalized spacial score (nSPS) is 11.9. The molecular weight excluding hydrogens is 266 g/mol. The topological polar surface area (TPSA) is 3.24 Å². The SMILES string of the molecule is CC(C)c1ccc(C(c2ccc(C(C)C)cc2)N(C)C)cc1. The Morgan fingerprint density at radius 2 is 0.818 bits per heavy atom. The van der Waals surface area contributed by atoms with Crippen LogP contribution in [0, 0.1) is 0 Å². The Morgan fingerprint density at radius 1 is 0.545 bits per heavy atom. The molecule has 1 heteroatoms. The molecule has 0 atom stereocenters. The molecule has 22 heavy (non-hydrogen) atoms. The molecule has 0 spiro atoms. The second-order valence-corrected chi connectivity index (χ2v) is 7.01. The highest BCUT2D eigenvalue weighted by Gasteiger charge is 2.17. The average Bonchev–Trinajstić information content (AvgIpc) is 2.48. The number of hydrogen-bond donors (Lipinski definition) is 0. The highest BCUT2D eigenvalue weighted by atomic mass is 15.1. The predicted molar refractivity (Wildman–Crippen MR) is 96.6 cm³/mol. The number of nitrogens with zero attached hydrogens (tertiary/aromatic N) is 1. The van der Waals surface area contributed by atoms with Gasteiger partial charge in [-0.05, 0) is 48.2 Å².